The lowest BCUT2D eigenvalue weighted by atomic mass is 9.98. The maximum atomic E-state index is 12.8. The Morgan fingerprint density at radius 1 is 1.33 bits per heavy atom. The molecule has 0 saturated heterocycles. The summed E-state index contributed by atoms with van der Waals surface area (Å²) in [6.45, 7) is 0.995. The Balaban J connectivity index is 1.70. The SMILES string of the molecule is Cn1cc(C(=O)NC2COCc3ccccc32)c2cc[nH]c2c1=O. The zero-order chi connectivity index (χ0) is 16.7. The van der Waals surface area contributed by atoms with Gasteiger partial charge in [0.05, 0.1) is 24.8 Å². The van der Waals surface area contributed by atoms with Gasteiger partial charge in [-0.2, -0.15) is 0 Å². The Morgan fingerprint density at radius 2 is 2.17 bits per heavy atom. The number of hydrogen-bond donors (Lipinski definition) is 2. The van der Waals surface area contributed by atoms with E-state index in [0.717, 1.165) is 11.1 Å². The molecule has 6 heteroatoms. The van der Waals surface area contributed by atoms with Crippen molar-refractivity contribution < 1.29 is 9.53 Å². The van der Waals surface area contributed by atoms with Crippen LogP contribution in [0, 0.1) is 0 Å². The molecule has 24 heavy (non-hydrogen) atoms. The molecular weight excluding hydrogens is 306 g/mol. The molecule has 0 radical (unpaired) electrons. The highest BCUT2D eigenvalue weighted by Gasteiger charge is 2.24. The number of benzene rings is 1. The minimum absolute atomic E-state index is 0.155. The number of nitrogens with one attached hydrogen (secondary N) is 2. The van der Waals surface area contributed by atoms with E-state index in [1.54, 1.807) is 25.5 Å². The van der Waals surface area contributed by atoms with E-state index in [9.17, 15) is 9.59 Å². The van der Waals surface area contributed by atoms with Crippen molar-refractivity contribution in [3.8, 4) is 0 Å². The third-order valence-electron chi connectivity index (χ3n) is 4.42. The predicted octanol–water partition coefficient (Wildman–Crippen LogP) is 1.87. The molecule has 1 amide bonds. The van der Waals surface area contributed by atoms with Gasteiger partial charge in [0.1, 0.15) is 5.52 Å². The Labute approximate surface area is 138 Å². The van der Waals surface area contributed by atoms with Crippen LogP contribution in [-0.4, -0.2) is 22.1 Å². The molecule has 122 valence electrons. The average molecular weight is 323 g/mol. The summed E-state index contributed by atoms with van der Waals surface area (Å²) in [5.41, 5.74) is 2.91. The summed E-state index contributed by atoms with van der Waals surface area (Å²) in [6, 6.07) is 9.48. The Hall–Kier alpha value is -2.86. The molecule has 1 aliphatic heterocycles. The van der Waals surface area contributed by atoms with Crippen molar-refractivity contribution >= 4 is 16.8 Å². The summed E-state index contributed by atoms with van der Waals surface area (Å²) in [4.78, 5) is 27.8. The van der Waals surface area contributed by atoms with E-state index in [-0.39, 0.29) is 17.5 Å². The summed E-state index contributed by atoms with van der Waals surface area (Å²) < 4.78 is 7.00. The fourth-order valence-corrected chi connectivity index (χ4v) is 3.19. The molecule has 1 aromatic carbocycles. The van der Waals surface area contributed by atoms with Gasteiger partial charge in [0.2, 0.25) is 0 Å². The van der Waals surface area contributed by atoms with E-state index >= 15 is 0 Å². The van der Waals surface area contributed by atoms with E-state index in [1.807, 2.05) is 24.3 Å². The standard InChI is InChI=1S/C18H17N3O3/c1-21-8-14(13-6-7-19-16(13)18(21)23)17(22)20-15-10-24-9-11-4-2-3-5-12(11)15/h2-8,15,19H,9-10H2,1H3,(H,20,22). The van der Waals surface area contributed by atoms with Crippen LogP contribution in [0.4, 0.5) is 0 Å². The Kier molecular flexibility index (Phi) is 3.46. The van der Waals surface area contributed by atoms with Crippen LogP contribution in [0.5, 0.6) is 0 Å². The van der Waals surface area contributed by atoms with Crippen molar-refractivity contribution in [2.24, 2.45) is 7.05 Å². The van der Waals surface area contributed by atoms with Gasteiger partial charge in [0, 0.05) is 24.8 Å². The van der Waals surface area contributed by atoms with E-state index in [0.29, 0.717) is 29.7 Å². The molecule has 3 heterocycles. The lowest BCUT2D eigenvalue weighted by Crippen LogP contribution is -2.35. The van der Waals surface area contributed by atoms with Crippen LogP contribution < -0.4 is 10.9 Å². The molecule has 0 spiro atoms. The highest BCUT2D eigenvalue weighted by Crippen LogP contribution is 2.25. The fourth-order valence-electron chi connectivity index (χ4n) is 3.19. The lowest BCUT2D eigenvalue weighted by Gasteiger charge is -2.26. The van der Waals surface area contributed by atoms with Crippen LogP contribution >= 0.6 is 0 Å². The predicted molar refractivity (Wildman–Crippen MR) is 89.8 cm³/mol. The number of nitrogens with zero attached hydrogens (tertiary/aromatic N) is 1. The van der Waals surface area contributed by atoms with E-state index < -0.39 is 0 Å². The van der Waals surface area contributed by atoms with Crippen molar-refractivity contribution in [3.63, 3.8) is 0 Å². The van der Waals surface area contributed by atoms with E-state index in [1.165, 1.54) is 4.57 Å². The van der Waals surface area contributed by atoms with Gasteiger partial charge >= 0.3 is 0 Å². The van der Waals surface area contributed by atoms with Gasteiger partial charge in [-0.15, -0.1) is 0 Å². The second-order valence-corrected chi connectivity index (χ2v) is 5.97. The topological polar surface area (TPSA) is 76.1 Å². The van der Waals surface area contributed by atoms with Gasteiger partial charge in [-0.25, -0.2) is 0 Å². The first-order chi connectivity index (χ1) is 11.6. The van der Waals surface area contributed by atoms with Crippen LogP contribution in [0.1, 0.15) is 27.5 Å². The molecule has 2 N–H and O–H groups in total. The lowest BCUT2D eigenvalue weighted by molar-refractivity contribution is 0.0709. The normalized spacial score (nSPS) is 16.8. The first-order valence-corrected chi connectivity index (χ1v) is 7.78. The van der Waals surface area contributed by atoms with Crippen molar-refractivity contribution in [1.29, 1.82) is 0 Å². The summed E-state index contributed by atoms with van der Waals surface area (Å²) in [5, 5.41) is 3.65. The van der Waals surface area contributed by atoms with Crippen molar-refractivity contribution in [1.82, 2.24) is 14.9 Å². The second kappa shape index (κ2) is 5.65. The molecule has 0 aliphatic carbocycles. The highest BCUT2D eigenvalue weighted by atomic mass is 16.5. The van der Waals surface area contributed by atoms with Crippen molar-refractivity contribution in [2.45, 2.75) is 12.6 Å². The van der Waals surface area contributed by atoms with E-state index in [4.69, 9.17) is 4.74 Å². The van der Waals surface area contributed by atoms with Gasteiger partial charge in [-0.3, -0.25) is 9.59 Å². The number of aromatic amines is 1. The number of ether oxygens (including phenoxy) is 1. The molecule has 4 rings (SSSR count). The smallest absolute Gasteiger partial charge is 0.274 e. The van der Waals surface area contributed by atoms with Crippen LogP contribution in [0.25, 0.3) is 10.9 Å². The molecule has 1 aliphatic rings. The van der Waals surface area contributed by atoms with Gasteiger partial charge < -0.3 is 19.6 Å². The van der Waals surface area contributed by atoms with Crippen LogP contribution in [0.15, 0.2) is 47.5 Å². The van der Waals surface area contributed by atoms with Crippen LogP contribution in [-0.2, 0) is 18.4 Å². The first kappa shape index (κ1) is 14.7. The maximum Gasteiger partial charge on any atom is 0.274 e. The quantitative estimate of drug-likeness (QED) is 0.756. The zero-order valence-corrected chi connectivity index (χ0v) is 13.2. The molecule has 2 aromatic heterocycles. The van der Waals surface area contributed by atoms with Gasteiger partial charge in [-0.1, -0.05) is 24.3 Å². The Morgan fingerprint density at radius 3 is 3.04 bits per heavy atom. The monoisotopic (exact) mass is 323 g/mol. The largest absolute Gasteiger partial charge is 0.374 e. The maximum absolute atomic E-state index is 12.8. The number of fused-ring (bicyclic) bond motifs is 2. The molecule has 0 saturated carbocycles. The van der Waals surface area contributed by atoms with E-state index in [2.05, 4.69) is 10.3 Å². The van der Waals surface area contributed by atoms with Gasteiger partial charge in [0.15, 0.2) is 0 Å². The average Bonchev–Trinajstić information content (AvgIpc) is 3.08. The minimum atomic E-state index is -0.222. The van der Waals surface area contributed by atoms with Gasteiger partial charge in [0.25, 0.3) is 11.5 Å². The highest BCUT2D eigenvalue weighted by molar-refractivity contribution is 6.06. The number of aromatic nitrogens is 2. The van der Waals surface area contributed by atoms with Gasteiger partial charge in [-0.05, 0) is 17.2 Å². The molecule has 3 aromatic rings. The number of pyridine rings is 1. The van der Waals surface area contributed by atoms with Crippen LogP contribution in [0.2, 0.25) is 0 Å². The fraction of sp³-hybridized carbons (Fsp3) is 0.222. The summed E-state index contributed by atoms with van der Waals surface area (Å²) >= 11 is 0. The molecule has 1 atom stereocenters. The number of carbonyl (C=O) groups is 1. The molecule has 6 nitrogen and oxygen atoms in total. The molecular formula is C18H17N3O3. The number of rotatable bonds is 2. The Bertz CT molecular complexity index is 987. The summed E-state index contributed by atoms with van der Waals surface area (Å²) in [6.07, 6.45) is 3.24. The third-order valence-corrected chi connectivity index (χ3v) is 4.42. The van der Waals surface area contributed by atoms with Crippen molar-refractivity contribution in [3.05, 3.63) is 69.8 Å². The molecule has 1 unspecified atom stereocenters. The number of amides is 1. The zero-order valence-electron chi connectivity index (χ0n) is 13.2. The number of H-pyrrole nitrogens is 1. The number of hydrogen-bond acceptors (Lipinski definition) is 3. The summed E-state index contributed by atoms with van der Waals surface area (Å²) in [5.74, 6) is -0.222. The minimum Gasteiger partial charge on any atom is -0.374 e. The van der Waals surface area contributed by atoms with Crippen molar-refractivity contribution in [2.75, 3.05) is 6.61 Å². The third kappa shape index (κ3) is 2.32. The molecule has 0 fully saturated rings. The first-order valence-electron chi connectivity index (χ1n) is 7.78. The number of carbonyl (C=O) groups excluding carboxylic acids is 1. The van der Waals surface area contributed by atoms with Crippen LogP contribution in [0.3, 0.4) is 0 Å². The number of aryl methyl sites for hydroxylation is 1. The second-order valence-electron chi connectivity index (χ2n) is 5.97. The molecule has 0 bridgehead atoms. The summed E-state index contributed by atoms with van der Waals surface area (Å²) in [7, 11) is 1.64.